The van der Waals surface area contributed by atoms with Gasteiger partial charge < -0.3 is 19.7 Å². The van der Waals surface area contributed by atoms with Gasteiger partial charge in [-0.15, -0.1) is 13.2 Å². The number of hydrogen-bond acceptors (Lipinski definition) is 4. The Balaban J connectivity index is 0. The van der Waals surface area contributed by atoms with Crippen molar-refractivity contribution in [2.24, 2.45) is 0 Å². The molecule has 0 amide bonds. The lowest BCUT2D eigenvalue weighted by molar-refractivity contribution is 0.0411. The topological polar surface area (TPSA) is 58.9 Å². The van der Waals surface area contributed by atoms with Crippen LogP contribution in [0.1, 0.15) is 52.4 Å². The first kappa shape index (κ1) is 27.0. The first-order valence-corrected chi connectivity index (χ1v) is 9.58. The minimum absolute atomic E-state index is 0.0576. The van der Waals surface area contributed by atoms with Gasteiger partial charge in [-0.3, -0.25) is 0 Å². The van der Waals surface area contributed by atoms with Crippen LogP contribution >= 0.6 is 0 Å². The highest BCUT2D eigenvalue weighted by Crippen LogP contribution is 1.97. The highest BCUT2D eigenvalue weighted by molar-refractivity contribution is 4.83. The van der Waals surface area contributed by atoms with Crippen molar-refractivity contribution in [1.82, 2.24) is 0 Å². The van der Waals surface area contributed by atoms with E-state index in [0.29, 0.717) is 19.8 Å². The number of rotatable bonds is 16. The molecule has 0 heterocycles. The molecule has 0 fully saturated rings. The average molecular weight is 369 g/mol. The summed E-state index contributed by atoms with van der Waals surface area (Å²) in [6.07, 6.45) is 18.2. The van der Waals surface area contributed by atoms with Crippen LogP contribution in [0.25, 0.3) is 0 Å². The molecule has 0 bridgehead atoms. The molecule has 0 aromatic heterocycles. The highest BCUT2D eigenvalue weighted by Gasteiger charge is 1.95. The third kappa shape index (κ3) is 27.6. The standard InChI is InChI=1S/2C11H20O2/c1-3-4-5-6-7-8-9-13-10-11(2)12;1-3-4-5-6-7-8-9-13-11(2)10-12/h2*3,7-8,11-12H,1,4-6,9-10H2,2H3/b2*8-7-. The minimum Gasteiger partial charge on any atom is -0.394 e. The van der Waals surface area contributed by atoms with Crippen LogP contribution in [0.3, 0.4) is 0 Å². The van der Waals surface area contributed by atoms with Crippen LogP contribution in [0.5, 0.6) is 0 Å². The largest absolute Gasteiger partial charge is 0.394 e. The molecule has 26 heavy (non-hydrogen) atoms. The lowest BCUT2D eigenvalue weighted by Crippen LogP contribution is -2.12. The summed E-state index contributed by atoms with van der Waals surface area (Å²) in [6.45, 7) is 12.6. The van der Waals surface area contributed by atoms with Gasteiger partial charge in [0.1, 0.15) is 0 Å². The highest BCUT2D eigenvalue weighted by atomic mass is 16.5. The van der Waals surface area contributed by atoms with Crippen LogP contribution in [-0.4, -0.2) is 48.8 Å². The van der Waals surface area contributed by atoms with Crippen molar-refractivity contribution in [2.45, 2.75) is 64.6 Å². The van der Waals surface area contributed by atoms with Gasteiger partial charge in [0.05, 0.1) is 38.6 Å². The molecular weight excluding hydrogens is 328 g/mol. The molecule has 0 radical (unpaired) electrons. The fourth-order valence-corrected chi connectivity index (χ4v) is 1.71. The first-order chi connectivity index (χ1) is 12.6. The van der Waals surface area contributed by atoms with Crippen molar-refractivity contribution in [3.8, 4) is 0 Å². The predicted molar refractivity (Wildman–Crippen MR) is 111 cm³/mol. The van der Waals surface area contributed by atoms with Crippen LogP contribution in [0, 0.1) is 0 Å². The molecule has 0 saturated carbocycles. The summed E-state index contributed by atoms with van der Waals surface area (Å²) in [6, 6.07) is 0. The van der Waals surface area contributed by atoms with Crippen LogP contribution in [0.15, 0.2) is 49.6 Å². The molecule has 0 spiro atoms. The average Bonchev–Trinajstić information content (AvgIpc) is 2.63. The second kappa shape index (κ2) is 23.8. The van der Waals surface area contributed by atoms with E-state index >= 15 is 0 Å². The predicted octanol–water partition coefficient (Wildman–Crippen LogP) is 4.59. The smallest absolute Gasteiger partial charge is 0.0781 e. The molecule has 2 N–H and O–H groups in total. The van der Waals surface area contributed by atoms with Crippen molar-refractivity contribution in [3.05, 3.63) is 49.6 Å². The molecule has 0 aliphatic heterocycles. The molecule has 4 nitrogen and oxygen atoms in total. The van der Waals surface area contributed by atoms with Crippen molar-refractivity contribution in [3.63, 3.8) is 0 Å². The zero-order valence-corrected chi connectivity index (χ0v) is 16.8. The number of allylic oxidation sites excluding steroid dienone is 4. The Labute approximate surface area is 160 Å². The lowest BCUT2D eigenvalue weighted by Gasteiger charge is -2.06. The molecule has 4 heteroatoms. The minimum atomic E-state index is -0.367. The molecule has 152 valence electrons. The van der Waals surface area contributed by atoms with E-state index < -0.39 is 0 Å². The Bertz CT molecular complexity index is 348. The molecule has 2 atom stereocenters. The van der Waals surface area contributed by atoms with Crippen LogP contribution in [0.4, 0.5) is 0 Å². The van der Waals surface area contributed by atoms with Crippen molar-refractivity contribution >= 4 is 0 Å². The summed E-state index contributed by atoms with van der Waals surface area (Å²) in [5.41, 5.74) is 0. The Kier molecular flexibility index (Phi) is 24.7. The first-order valence-electron chi connectivity index (χ1n) is 9.58. The monoisotopic (exact) mass is 368 g/mol. The van der Waals surface area contributed by atoms with Gasteiger partial charge in [0.2, 0.25) is 0 Å². The van der Waals surface area contributed by atoms with Crippen molar-refractivity contribution in [2.75, 3.05) is 26.4 Å². The number of ether oxygens (including phenoxy) is 2. The molecule has 0 saturated heterocycles. The Morgan fingerprint density at radius 2 is 1.38 bits per heavy atom. The molecule has 0 aromatic carbocycles. The summed E-state index contributed by atoms with van der Waals surface area (Å²) in [5, 5.41) is 17.5. The Morgan fingerprint density at radius 3 is 1.85 bits per heavy atom. The molecular formula is C22H40O4. The van der Waals surface area contributed by atoms with Gasteiger partial charge >= 0.3 is 0 Å². The second-order valence-electron chi connectivity index (χ2n) is 6.09. The van der Waals surface area contributed by atoms with Gasteiger partial charge in [0, 0.05) is 0 Å². The van der Waals surface area contributed by atoms with Crippen LogP contribution in [-0.2, 0) is 9.47 Å². The fraction of sp³-hybridized carbons (Fsp3) is 0.636. The number of hydrogen-bond donors (Lipinski definition) is 2. The maximum atomic E-state index is 8.86. The Hall–Kier alpha value is -1.20. The quantitative estimate of drug-likeness (QED) is 0.309. The molecule has 0 aromatic rings. The van der Waals surface area contributed by atoms with Gasteiger partial charge in [-0.25, -0.2) is 0 Å². The van der Waals surface area contributed by atoms with Crippen molar-refractivity contribution in [1.29, 1.82) is 0 Å². The molecule has 0 rings (SSSR count). The summed E-state index contributed by atoms with van der Waals surface area (Å²) in [4.78, 5) is 0. The summed E-state index contributed by atoms with van der Waals surface area (Å²) < 4.78 is 10.4. The van der Waals surface area contributed by atoms with Crippen molar-refractivity contribution < 1.29 is 19.7 Å². The normalized spacial score (nSPS) is 13.4. The third-order valence-corrected chi connectivity index (χ3v) is 3.20. The van der Waals surface area contributed by atoms with Gasteiger partial charge in [0.15, 0.2) is 0 Å². The number of aliphatic hydroxyl groups excluding tert-OH is 2. The van der Waals surface area contributed by atoms with E-state index in [-0.39, 0.29) is 18.8 Å². The summed E-state index contributed by atoms with van der Waals surface area (Å²) in [7, 11) is 0. The molecule has 2 unspecified atom stereocenters. The fourth-order valence-electron chi connectivity index (χ4n) is 1.71. The Morgan fingerprint density at radius 1 is 0.846 bits per heavy atom. The van der Waals surface area contributed by atoms with Gasteiger partial charge in [-0.2, -0.15) is 0 Å². The zero-order valence-electron chi connectivity index (χ0n) is 16.8. The van der Waals surface area contributed by atoms with E-state index in [4.69, 9.17) is 19.7 Å². The number of aliphatic hydroxyl groups is 2. The number of unbranched alkanes of at least 4 members (excludes halogenated alkanes) is 4. The van der Waals surface area contributed by atoms with E-state index in [1.807, 2.05) is 31.2 Å². The maximum absolute atomic E-state index is 8.86. The second-order valence-corrected chi connectivity index (χ2v) is 6.09. The van der Waals surface area contributed by atoms with E-state index in [2.05, 4.69) is 25.3 Å². The van der Waals surface area contributed by atoms with E-state index in [0.717, 1.165) is 38.5 Å². The summed E-state index contributed by atoms with van der Waals surface area (Å²) >= 11 is 0. The molecule has 0 aliphatic carbocycles. The maximum Gasteiger partial charge on any atom is 0.0781 e. The van der Waals surface area contributed by atoms with E-state index in [1.165, 1.54) is 0 Å². The lowest BCUT2D eigenvalue weighted by atomic mass is 10.2. The zero-order chi connectivity index (χ0) is 19.9. The van der Waals surface area contributed by atoms with Gasteiger partial charge in [-0.05, 0) is 52.4 Å². The van der Waals surface area contributed by atoms with Crippen LogP contribution < -0.4 is 0 Å². The SMILES string of the molecule is C=CCCC/C=C\COC(C)CO.C=CCCC/C=C\COCC(C)O. The molecule has 0 aliphatic rings. The van der Waals surface area contributed by atoms with Gasteiger partial charge in [0.25, 0.3) is 0 Å². The summed E-state index contributed by atoms with van der Waals surface area (Å²) in [5.74, 6) is 0. The van der Waals surface area contributed by atoms with Crippen LogP contribution in [0.2, 0.25) is 0 Å². The van der Waals surface area contributed by atoms with E-state index in [9.17, 15) is 0 Å². The van der Waals surface area contributed by atoms with E-state index in [1.54, 1.807) is 6.92 Å². The third-order valence-electron chi connectivity index (χ3n) is 3.20. The van der Waals surface area contributed by atoms with Gasteiger partial charge in [-0.1, -0.05) is 36.5 Å².